The summed E-state index contributed by atoms with van der Waals surface area (Å²) >= 11 is 3.33. The fourth-order valence-corrected chi connectivity index (χ4v) is 2.61. The minimum atomic E-state index is 0.190. The van der Waals surface area contributed by atoms with Crippen molar-refractivity contribution in [2.75, 3.05) is 0 Å². The van der Waals surface area contributed by atoms with Gasteiger partial charge in [-0.2, -0.15) is 0 Å². The van der Waals surface area contributed by atoms with Crippen LogP contribution < -0.4 is 4.74 Å². The van der Waals surface area contributed by atoms with Crippen molar-refractivity contribution in [3.05, 3.63) is 53.0 Å². The van der Waals surface area contributed by atoms with E-state index < -0.39 is 0 Å². The molecule has 0 bridgehead atoms. The lowest BCUT2D eigenvalue weighted by molar-refractivity contribution is 0.243. The molecule has 0 saturated carbocycles. The summed E-state index contributed by atoms with van der Waals surface area (Å²) in [6.07, 6.45) is 2.26. The highest BCUT2D eigenvalue weighted by Gasteiger charge is 2.06. The van der Waals surface area contributed by atoms with E-state index in [4.69, 9.17) is 9.15 Å². The number of aromatic nitrogens is 1. The summed E-state index contributed by atoms with van der Waals surface area (Å²) in [5.41, 5.74) is 1.17. The van der Waals surface area contributed by atoms with Gasteiger partial charge in [0.25, 0.3) is 0 Å². The third-order valence-electron chi connectivity index (χ3n) is 3.07. The Morgan fingerprint density at radius 3 is 2.75 bits per heavy atom. The highest BCUT2D eigenvalue weighted by atomic mass is 79.9. The molecule has 0 saturated heterocycles. The minimum Gasteiger partial charge on any atom is -0.491 e. The second kappa shape index (κ2) is 5.37. The molecule has 4 heteroatoms. The van der Waals surface area contributed by atoms with Crippen LogP contribution in [0.25, 0.3) is 10.9 Å². The average molecular weight is 334 g/mol. The molecule has 0 fully saturated rings. The molecule has 3 nitrogen and oxygen atoms in total. The molecule has 0 spiro atoms. The van der Waals surface area contributed by atoms with E-state index in [9.17, 15) is 0 Å². The predicted octanol–water partition coefficient (Wildman–Crippen LogP) is 4.83. The van der Waals surface area contributed by atoms with Crippen LogP contribution in [0.3, 0.4) is 0 Å². The molecule has 0 aliphatic carbocycles. The SMILES string of the molecule is CC(C)Oc1ccc2c(ccn2Cc2ccc(Br)o2)c1. The normalized spacial score (nSPS) is 11.4. The Bertz CT molecular complexity index is 727. The predicted molar refractivity (Wildman–Crippen MR) is 83.2 cm³/mol. The van der Waals surface area contributed by atoms with Crippen molar-refractivity contribution in [2.45, 2.75) is 26.5 Å². The molecule has 0 unspecified atom stereocenters. The summed E-state index contributed by atoms with van der Waals surface area (Å²) in [4.78, 5) is 0. The summed E-state index contributed by atoms with van der Waals surface area (Å²) in [6.45, 7) is 4.79. The zero-order valence-electron chi connectivity index (χ0n) is 11.5. The van der Waals surface area contributed by atoms with Crippen LogP contribution in [0.2, 0.25) is 0 Å². The lowest BCUT2D eigenvalue weighted by Gasteiger charge is -2.10. The van der Waals surface area contributed by atoms with Crippen LogP contribution in [0.5, 0.6) is 5.75 Å². The third-order valence-corrected chi connectivity index (χ3v) is 3.50. The first-order valence-corrected chi connectivity index (χ1v) is 7.41. The fourth-order valence-electron chi connectivity index (χ4n) is 2.27. The number of fused-ring (bicyclic) bond motifs is 1. The lowest BCUT2D eigenvalue weighted by atomic mass is 10.2. The molecule has 3 aromatic rings. The highest BCUT2D eigenvalue weighted by molar-refractivity contribution is 9.10. The first-order valence-electron chi connectivity index (χ1n) is 6.61. The van der Waals surface area contributed by atoms with E-state index in [1.807, 2.05) is 32.0 Å². The average Bonchev–Trinajstić information content (AvgIpc) is 2.96. The van der Waals surface area contributed by atoms with Crippen molar-refractivity contribution in [3.63, 3.8) is 0 Å². The number of rotatable bonds is 4. The summed E-state index contributed by atoms with van der Waals surface area (Å²) in [7, 11) is 0. The smallest absolute Gasteiger partial charge is 0.169 e. The molecule has 0 amide bonds. The first kappa shape index (κ1) is 13.3. The molecular formula is C16H16BrNO2. The zero-order chi connectivity index (χ0) is 14.1. The van der Waals surface area contributed by atoms with E-state index in [1.165, 1.54) is 10.9 Å². The maximum Gasteiger partial charge on any atom is 0.169 e. The third kappa shape index (κ3) is 2.75. The van der Waals surface area contributed by atoms with Gasteiger partial charge in [-0.05, 0) is 66.2 Å². The molecule has 0 atom stereocenters. The maximum absolute atomic E-state index is 5.72. The lowest BCUT2D eigenvalue weighted by Crippen LogP contribution is -2.05. The number of hydrogen-bond acceptors (Lipinski definition) is 2. The zero-order valence-corrected chi connectivity index (χ0v) is 13.1. The molecule has 3 rings (SSSR count). The van der Waals surface area contributed by atoms with E-state index in [2.05, 4.69) is 44.9 Å². The Balaban J connectivity index is 1.89. The molecule has 2 aromatic heterocycles. The van der Waals surface area contributed by atoms with Crippen molar-refractivity contribution < 1.29 is 9.15 Å². The number of furan rings is 1. The topological polar surface area (TPSA) is 27.3 Å². The van der Waals surface area contributed by atoms with Gasteiger partial charge in [0.2, 0.25) is 0 Å². The Morgan fingerprint density at radius 2 is 2.05 bits per heavy atom. The van der Waals surface area contributed by atoms with Crippen LogP contribution in [0, 0.1) is 0 Å². The van der Waals surface area contributed by atoms with Crippen LogP contribution in [0.15, 0.2) is 51.7 Å². The fraction of sp³-hybridized carbons (Fsp3) is 0.250. The van der Waals surface area contributed by atoms with E-state index in [0.29, 0.717) is 0 Å². The van der Waals surface area contributed by atoms with Gasteiger partial charge in [0.05, 0.1) is 12.6 Å². The number of benzene rings is 1. The van der Waals surface area contributed by atoms with Gasteiger partial charge in [0, 0.05) is 17.1 Å². The van der Waals surface area contributed by atoms with E-state index >= 15 is 0 Å². The molecule has 20 heavy (non-hydrogen) atoms. The number of hydrogen-bond donors (Lipinski definition) is 0. The molecular weight excluding hydrogens is 318 g/mol. The maximum atomic E-state index is 5.72. The molecule has 0 aliphatic heterocycles. The van der Waals surface area contributed by atoms with Crippen molar-refractivity contribution in [1.29, 1.82) is 0 Å². The van der Waals surface area contributed by atoms with Gasteiger partial charge in [0.1, 0.15) is 11.5 Å². The van der Waals surface area contributed by atoms with Crippen molar-refractivity contribution >= 4 is 26.8 Å². The molecule has 0 radical (unpaired) electrons. The summed E-state index contributed by atoms with van der Waals surface area (Å²) < 4.78 is 14.2. The van der Waals surface area contributed by atoms with Gasteiger partial charge >= 0.3 is 0 Å². The van der Waals surface area contributed by atoms with Crippen molar-refractivity contribution in [2.24, 2.45) is 0 Å². The molecule has 1 aromatic carbocycles. The van der Waals surface area contributed by atoms with Gasteiger partial charge in [-0.1, -0.05) is 0 Å². The second-order valence-electron chi connectivity index (χ2n) is 5.04. The Kier molecular flexibility index (Phi) is 3.57. The summed E-state index contributed by atoms with van der Waals surface area (Å²) in [6, 6.07) is 12.2. The van der Waals surface area contributed by atoms with Gasteiger partial charge < -0.3 is 13.7 Å². The second-order valence-corrected chi connectivity index (χ2v) is 5.82. The largest absolute Gasteiger partial charge is 0.491 e. The highest BCUT2D eigenvalue weighted by Crippen LogP contribution is 2.24. The Morgan fingerprint density at radius 1 is 1.20 bits per heavy atom. The van der Waals surface area contributed by atoms with Crippen LogP contribution in [0.1, 0.15) is 19.6 Å². The van der Waals surface area contributed by atoms with Crippen LogP contribution in [-0.4, -0.2) is 10.7 Å². The van der Waals surface area contributed by atoms with Crippen molar-refractivity contribution in [3.8, 4) is 5.75 Å². The standard InChI is InChI=1S/C16H16BrNO2/c1-11(2)19-13-3-5-15-12(9-13)7-8-18(15)10-14-4-6-16(17)20-14/h3-9,11H,10H2,1-2H3. The molecule has 2 heterocycles. The van der Waals surface area contributed by atoms with E-state index in [-0.39, 0.29) is 6.10 Å². The number of ether oxygens (including phenoxy) is 1. The van der Waals surface area contributed by atoms with Crippen LogP contribution >= 0.6 is 15.9 Å². The quantitative estimate of drug-likeness (QED) is 0.683. The number of nitrogens with zero attached hydrogens (tertiary/aromatic N) is 1. The monoisotopic (exact) mass is 333 g/mol. The Hall–Kier alpha value is -1.68. The summed E-state index contributed by atoms with van der Waals surface area (Å²) in [5.74, 6) is 1.84. The first-order chi connectivity index (χ1) is 9.61. The minimum absolute atomic E-state index is 0.190. The van der Waals surface area contributed by atoms with E-state index in [0.717, 1.165) is 22.7 Å². The van der Waals surface area contributed by atoms with Crippen LogP contribution in [-0.2, 0) is 6.54 Å². The summed E-state index contributed by atoms with van der Waals surface area (Å²) in [5, 5.41) is 1.17. The van der Waals surface area contributed by atoms with Gasteiger partial charge in [-0.3, -0.25) is 0 Å². The van der Waals surface area contributed by atoms with Gasteiger partial charge in [-0.25, -0.2) is 0 Å². The molecule has 0 N–H and O–H groups in total. The van der Waals surface area contributed by atoms with Gasteiger partial charge in [-0.15, -0.1) is 0 Å². The number of halogens is 1. The van der Waals surface area contributed by atoms with E-state index in [1.54, 1.807) is 0 Å². The molecule has 104 valence electrons. The van der Waals surface area contributed by atoms with Crippen LogP contribution in [0.4, 0.5) is 0 Å². The molecule has 0 aliphatic rings. The van der Waals surface area contributed by atoms with Gasteiger partial charge in [0.15, 0.2) is 4.67 Å². The van der Waals surface area contributed by atoms with Crippen molar-refractivity contribution in [1.82, 2.24) is 4.57 Å². The Labute approximate surface area is 126 Å².